The van der Waals surface area contributed by atoms with Crippen LogP contribution in [0.25, 0.3) is 0 Å². The molecular weight excluding hydrogens is 204 g/mol. The van der Waals surface area contributed by atoms with Crippen LogP contribution in [0.15, 0.2) is 0 Å². The fourth-order valence-corrected chi connectivity index (χ4v) is 2.34. The molecule has 92 valence electrons. The van der Waals surface area contributed by atoms with Crippen molar-refractivity contribution in [1.82, 2.24) is 20.0 Å². The van der Waals surface area contributed by atoms with Crippen LogP contribution in [0.1, 0.15) is 6.92 Å². The van der Waals surface area contributed by atoms with E-state index in [1.165, 1.54) is 0 Å². The van der Waals surface area contributed by atoms with Gasteiger partial charge in [0.05, 0.1) is 6.67 Å². The average molecular weight is 226 g/mol. The largest absolute Gasteiger partial charge is 0.340 e. The summed E-state index contributed by atoms with van der Waals surface area (Å²) in [5, 5.41) is 3.36. The van der Waals surface area contributed by atoms with Crippen molar-refractivity contribution in [3.63, 3.8) is 0 Å². The Kier molecular flexibility index (Phi) is 4.15. The Hall–Kier alpha value is -0.650. The molecule has 2 fully saturated rings. The van der Waals surface area contributed by atoms with E-state index in [0.29, 0.717) is 0 Å². The first-order valence-corrected chi connectivity index (χ1v) is 6.16. The predicted molar refractivity (Wildman–Crippen MR) is 63.1 cm³/mol. The number of hydrogen-bond donors (Lipinski definition) is 1. The molecule has 2 heterocycles. The molecular formula is C11H22N4O. The zero-order valence-electron chi connectivity index (χ0n) is 10.1. The van der Waals surface area contributed by atoms with Crippen molar-refractivity contribution < 1.29 is 4.79 Å². The lowest BCUT2D eigenvalue weighted by molar-refractivity contribution is -0.130. The third-order valence-corrected chi connectivity index (χ3v) is 3.43. The second-order valence-corrected chi connectivity index (χ2v) is 4.63. The number of hydrogen-bond acceptors (Lipinski definition) is 4. The molecule has 0 unspecified atom stereocenters. The number of nitrogens with zero attached hydrogens (tertiary/aromatic N) is 3. The van der Waals surface area contributed by atoms with Gasteiger partial charge in [-0.2, -0.15) is 0 Å². The summed E-state index contributed by atoms with van der Waals surface area (Å²) in [5.41, 5.74) is 0. The van der Waals surface area contributed by atoms with Gasteiger partial charge in [-0.25, -0.2) is 0 Å². The number of carbonyl (C=O) groups is 1. The molecule has 1 N–H and O–H groups in total. The van der Waals surface area contributed by atoms with Crippen molar-refractivity contribution in [3.8, 4) is 0 Å². The number of piperazine rings is 2. The molecule has 0 bridgehead atoms. The Bertz CT molecular complexity index is 232. The first-order chi connectivity index (χ1) is 7.75. The Morgan fingerprint density at radius 1 is 1.00 bits per heavy atom. The normalized spacial score (nSPS) is 24.7. The molecule has 2 aliphatic heterocycles. The minimum atomic E-state index is 0.210. The van der Waals surface area contributed by atoms with Crippen molar-refractivity contribution in [3.05, 3.63) is 0 Å². The summed E-state index contributed by atoms with van der Waals surface area (Å²) in [6.45, 7) is 11.0. The van der Waals surface area contributed by atoms with E-state index in [-0.39, 0.29) is 5.91 Å². The van der Waals surface area contributed by atoms with Gasteiger partial charge in [0.2, 0.25) is 5.91 Å². The Labute approximate surface area is 97.4 Å². The SMILES string of the molecule is CC(=O)N1CCN(CN2CCNCC2)CC1. The summed E-state index contributed by atoms with van der Waals surface area (Å²) in [6.07, 6.45) is 0. The summed E-state index contributed by atoms with van der Waals surface area (Å²) in [7, 11) is 0. The van der Waals surface area contributed by atoms with E-state index in [0.717, 1.165) is 59.0 Å². The fourth-order valence-electron chi connectivity index (χ4n) is 2.34. The van der Waals surface area contributed by atoms with Gasteiger partial charge < -0.3 is 10.2 Å². The molecule has 0 radical (unpaired) electrons. The second kappa shape index (κ2) is 5.61. The molecule has 0 aromatic heterocycles. The third-order valence-electron chi connectivity index (χ3n) is 3.43. The van der Waals surface area contributed by atoms with Crippen LogP contribution in [0.3, 0.4) is 0 Å². The molecule has 2 saturated heterocycles. The minimum Gasteiger partial charge on any atom is -0.340 e. The van der Waals surface area contributed by atoms with E-state index in [1.807, 2.05) is 4.90 Å². The second-order valence-electron chi connectivity index (χ2n) is 4.63. The van der Waals surface area contributed by atoms with Gasteiger partial charge in [-0.05, 0) is 0 Å². The van der Waals surface area contributed by atoms with Gasteiger partial charge in [-0.3, -0.25) is 14.6 Å². The van der Waals surface area contributed by atoms with Crippen LogP contribution in [0.2, 0.25) is 0 Å². The van der Waals surface area contributed by atoms with Crippen LogP contribution in [0, 0.1) is 0 Å². The summed E-state index contributed by atoms with van der Waals surface area (Å²) < 4.78 is 0. The maximum atomic E-state index is 11.2. The molecule has 0 aromatic carbocycles. The lowest BCUT2D eigenvalue weighted by Gasteiger charge is -2.38. The van der Waals surface area contributed by atoms with Gasteiger partial charge >= 0.3 is 0 Å². The maximum Gasteiger partial charge on any atom is 0.219 e. The van der Waals surface area contributed by atoms with E-state index >= 15 is 0 Å². The van der Waals surface area contributed by atoms with Gasteiger partial charge in [-0.1, -0.05) is 0 Å². The lowest BCUT2D eigenvalue weighted by Crippen LogP contribution is -2.54. The van der Waals surface area contributed by atoms with Gasteiger partial charge in [0.15, 0.2) is 0 Å². The highest BCUT2D eigenvalue weighted by molar-refractivity contribution is 5.73. The fraction of sp³-hybridized carbons (Fsp3) is 0.909. The summed E-state index contributed by atoms with van der Waals surface area (Å²) in [5.74, 6) is 0.210. The molecule has 2 aliphatic rings. The predicted octanol–water partition coefficient (Wildman–Crippen LogP) is -0.987. The van der Waals surface area contributed by atoms with Crippen molar-refractivity contribution in [2.45, 2.75) is 6.92 Å². The van der Waals surface area contributed by atoms with E-state index in [9.17, 15) is 4.79 Å². The van der Waals surface area contributed by atoms with E-state index < -0.39 is 0 Å². The van der Waals surface area contributed by atoms with E-state index in [1.54, 1.807) is 6.92 Å². The van der Waals surface area contributed by atoms with Crippen LogP contribution in [-0.2, 0) is 4.79 Å². The summed E-state index contributed by atoms with van der Waals surface area (Å²) in [6, 6.07) is 0. The van der Waals surface area contributed by atoms with Crippen molar-refractivity contribution in [2.24, 2.45) is 0 Å². The molecule has 5 nitrogen and oxygen atoms in total. The van der Waals surface area contributed by atoms with Gasteiger partial charge in [0, 0.05) is 59.3 Å². The number of rotatable bonds is 2. The van der Waals surface area contributed by atoms with Crippen molar-refractivity contribution >= 4 is 5.91 Å². The minimum absolute atomic E-state index is 0.210. The van der Waals surface area contributed by atoms with Crippen LogP contribution in [-0.4, -0.2) is 79.6 Å². The van der Waals surface area contributed by atoms with Crippen molar-refractivity contribution in [2.75, 3.05) is 59.0 Å². The Morgan fingerprint density at radius 2 is 1.56 bits per heavy atom. The average Bonchev–Trinajstić information content (AvgIpc) is 2.31. The Balaban J connectivity index is 1.70. The van der Waals surface area contributed by atoms with Crippen LogP contribution in [0.4, 0.5) is 0 Å². The zero-order valence-corrected chi connectivity index (χ0v) is 10.1. The first kappa shape index (κ1) is 11.8. The zero-order chi connectivity index (χ0) is 11.4. The lowest BCUT2D eigenvalue weighted by atomic mass is 10.3. The number of nitrogens with one attached hydrogen (secondary N) is 1. The van der Waals surface area contributed by atoms with Crippen LogP contribution < -0.4 is 5.32 Å². The number of amides is 1. The smallest absolute Gasteiger partial charge is 0.219 e. The molecule has 5 heteroatoms. The van der Waals surface area contributed by atoms with E-state index in [4.69, 9.17) is 0 Å². The molecule has 0 atom stereocenters. The third kappa shape index (κ3) is 3.17. The van der Waals surface area contributed by atoms with Crippen molar-refractivity contribution in [1.29, 1.82) is 0 Å². The molecule has 0 aromatic rings. The van der Waals surface area contributed by atoms with Crippen LogP contribution in [0.5, 0.6) is 0 Å². The van der Waals surface area contributed by atoms with Crippen LogP contribution >= 0.6 is 0 Å². The first-order valence-electron chi connectivity index (χ1n) is 6.16. The topological polar surface area (TPSA) is 38.8 Å². The quantitative estimate of drug-likeness (QED) is 0.656. The molecule has 2 rings (SSSR count). The van der Waals surface area contributed by atoms with Gasteiger partial charge in [0.25, 0.3) is 0 Å². The monoisotopic (exact) mass is 226 g/mol. The highest BCUT2D eigenvalue weighted by Crippen LogP contribution is 2.04. The highest BCUT2D eigenvalue weighted by atomic mass is 16.2. The highest BCUT2D eigenvalue weighted by Gasteiger charge is 2.20. The molecule has 0 saturated carbocycles. The Morgan fingerprint density at radius 3 is 2.12 bits per heavy atom. The maximum absolute atomic E-state index is 11.2. The molecule has 0 spiro atoms. The molecule has 0 aliphatic carbocycles. The summed E-state index contributed by atoms with van der Waals surface area (Å²) in [4.78, 5) is 18.1. The number of carbonyl (C=O) groups excluding carboxylic acids is 1. The molecule has 1 amide bonds. The summed E-state index contributed by atoms with van der Waals surface area (Å²) >= 11 is 0. The van der Waals surface area contributed by atoms with Gasteiger partial charge in [-0.15, -0.1) is 0 Å². The molecule has 16 heavy (non-hydrogen) atoms. The standard InChI is InChI=1S/C11H22N4O/c1-11(16)15-8-6-14(7-9-15)10-13-4-2-12-3-5-13/h12H,2-10H2,1H3. The van der Waals surface area contributed by atoms with E-state index in [2.05, 4.69) is 15.1 Å². The van der Waals surface area contributed by atoms with Gasteiger partial charge in [0.1, 0.15) is 0 Å².